The molecule has 5 nitrogen and oxygen atoms in total. The van der Waals surface area contributed by atoms with Crippen molar-refractivity contribution in [2.24, 2.45) is 5.92 Å². The summed E-state index contributed by atoms with van der Waals surface area (Å²) < 4.78 is 1.85. The van der Waals surface area contributed by atoms with E-state index in [0.29, 0.717) is 13.1 Å². The molecule has 2 heterocycles. The van der Waals surface area contributed by atoms with Gasteiger partial charge in [-0.2, -0.15) is 5.10 Å². The van der Waals surface area contributed by atoms with Crippen molar-refractivity contribution < 1.29 is 9.90 Å². The Labute approximate surface area is 117 Å². The zero-order chi connectivity index (χ0) is 13.9. The summed E-state index contributed by atoms with van der Waals surface area (Å²) in [6.45, 7) is 2.16. The van der Waals surface area contributed by atoms with Gasteiger partial charge in [-0.05, 0) is 31.2 Å². The molecule has 0 spiro atoms. The highest BCUT2D eigenvalue weighted by atomic mass is 16.4. The first-order chi connectivity index (χ1) is 9.72. The van der Waals surface area contributed by atoms with Crippen LogP contribution in [0.25, 0.3) is 5.69 Å². The van der Waals surface area contributed by atoms with Gasteiger partial charge in [0.25, 0.3) is 0 Å². The van der Waals surface area contributed by atoms with Crippen LogP contribution >= 0.6 is 0 Å². The van der Waals surface area contributed by atoms with Crippen LogP contribution in [-0.4, -0.2) is 38.8 Å². The molecule has 5 heteroatoms. The van der Waals surface area contributed by atoms with Crippen molar-refractivity contribution in [3.05, 3.63) is 48.3 Å². The molecule has 0 radical (unpaired) electrons. The second-order valence-electron chi connectivity index (χ2n) is 5.15. The number of rotatable bonds is 4. The Morgan fingerprint density at radius 1 is 1.30 bits per heavy atom. The maximum Gasteiger partial charge on any atom is 0.307 e. The molecular formula is C15H17N3O2. The fraction of sp³-hybridized carbons (Fsp3) is 0.333. The van der Waals surface area contributed by atoms with E-state index in [4.69, 9.17) is 5.11 Å². The van der Waals surface area contributed by atoms with Gasteiger partial charge in [0.05, 0.1) is 17.3 Å². The Bertz CT molecular complexity index is 594. The number of nitrogens with zero attached hydrogens (tertiary/aromatic N) is 3. The Hall–Kier alpha value is -2.14. The third-order valence-corrected chi connectivity index (χ3v) is 3.67. The Morgan fingerprint density at radius 2 is 2.10 bits per heavy atom. The van der Waals surface area contributed by atoms with E-state index in [-0.39, 0.29) is 5.92 Å². The maximum absolute atomic E-state index is 10.9. The first-order valence-electron chi connectivity index (χ1n) is 6.77. The van der Waals surface area contributed by atoms with Crippen LogP contribution in [0.4, 0.5) is 0 Å². The fourth-order valence-corrected chi connectivity index (χ4v) is 2.58. The second kappa shape index (κ2) is 5.46. The van der Waals surface area contributed by atoms with Crippen LogP contribution in [-0.2, 0) is 11.3 Å². The SMILES string of the molecule is O=C(O)[C@@H]1CCN(Cc2ccn(-c3ccccc3)n2)C1. The minimum Gasteiger partial charge on any atom is -0.481 e. The van der Waals surface area contributed by atoms with E-state index in [9.17, 15) is 4.79 Å². The zero-order valence-electron chi connectivity index (χ0n) is 11.1. The number of carbonyl (C=O) groups is 1. The van der Waals surface area contributed by atoms with Crippen LogP contribution in [0.2, 0.25) is 0 Å². The number of aliphatic carboxylic acids is 1. The summed E-state index contributed by atoms with van der Waals surface area (Å²) in [6.07, 6.45) is 2.67. The van der Waals surface area contributed by atoms with Crippen LogP contribution in [0.3, 0.4) is 0 Å². The number of benzene rings is 1. The van der Waals surface area contributed by atoms with Crippen LogP contribution in [0.1, 0.15) is 12.1 Å². The molecule has 0 saturated carbocycles. The van der Waals surface area contributed by atoms with E-state index < -0.39 is 5.97 Å². The first kappa shape index (κ1) is 12.9. The van der Waals surface area contributed by atoms with Gasteiger partial charge >= 0.3 is 5.97 Å². The third-order valence-electron chi connectivity index (χ3n) is 3.67. The van der Waals surface area contributed by atoms with Gasteiger partial charge in [0, 0.05) is 19.3 Å². The van der Waals surface area contributed by atoms with E-state index in [1.807, 2.05) is 47.3 Å². The van der Waals surface area contributed by atoms with E-state index in [0.717, 1.165) is 24.3 Å². The van der Waals surface area contributed by atoms with Gasteiger partial charge < -0.3 is 5.11 Å². The predicted octanol–water partition coefficient (Wildman–Crippen LogP) is 1.78. The Kier molecular flexibility index (Phi) is 3.52. The highest BCUT2D eigenvalue weighted by Gasteiger charge is 2.28. The number of carboxylic acid groups (broad SMARTS) is 1. The molecular weight excluding hydrogens is 254 g/mol. The average molecular weight is 271 g/mol. The molecule has 1 aliphatic rings. The van der Waals surface area contributed by atoms with Crippen molar-refractivity contribution in [3.8, 4) is 5.69 Å². The lowest BCUT2D eigenvalue weighted by Gasteiger charge is -2.12. The lowest BCUT2D eigenvalue weighted by molar-refractivity contribution is -0.141. The fourth-order valence-electron chi connectivity index (χ4n) is 2.58. The molecule has 1 saturated heterocycles. The molecule has 3 rings (SSSR count). The molecule has 2 aromatic rings. The molecule has 104 valence electrons. The topological polar surface area (TPSA) is 58.4 Å². The highest BCUT2D eigenvalue weighted by molar-refractivity contribution is 5.70. The molecule has 0 aliphatic carbocycles. The van der Waals surface area contributed by atoms with Gasteiger partial charge in [-0.3, -0.25) is 9.69 Å². The van der Waals surface area contributed by atoms with Gasteiger partial charge in [-0.15, -0.1) is 0 Å². The summed E-state index contributed by atoms with van der Waals surface area (Å²) in [7, 11) is 0. The molecule has 1 aromatic heterocycles. The summed E-state index contributed by atoms with van der Waals surface area (Å²) in [5.41, 5.74) is 2.00. The summed E-state index contributed by atoms with van der Waals surface area (Å²) in [4.78, 5) is 13.1. The molecule has 1 aromatic carbocycles. The van der Waals surface area contributed by atoms with E-state index in [1.54, 1.807) is 0 Å². The van der Waals surface area contributed by atoms with Gasteiger partial charge in [0.2, 0.25) is 0 Å². The summed E-state index contributed by atoms with van der Waals surface area (Å²) >= 11 is 0. The van der Waals surface area contributed by atoms with Gasteiger partial charge in [0.15, 0.2) is 0 Å². The normalized spacial score (nSPS) is 19.3. The Morgan fingerprint density at radius 3 is 2.80 bits per heavy atom. The molecule has 1 atom stereocenters. The molecule has 0 bridgehead atoms. The van der Waals surface area contributed by atoms with Crippen molar-refractivity contribution in [1.29, 1.82) is 0 Å². The largest absolute Gasteiger partial charge is 0.481 e. The van der Waals surface area contributed by atoms with Crippen LogP contribution in [0.15, 0.2) is 42.6 Å². The van der Waals surface area contributed by atoms with Crippen molar-refractivity contribution in [3.63, 3.8) is 0 Å². The summed E-state index contributed by atoms with van der Waals surface area (Å²) in [5.74, 6) is -0.923. The number of hydrogen-bond acceptors (Lipinski definition) is 3. The number of carboxylic acids is 1. The third kappa shape index (κ3) is 2.72. The smallest absolute Gasteiger partial charge is 0.307 e. The number of hydrogen-bond donors (Lipinski definition) is 1. The maximum atomic E-state index is 10.9. The predicted molar refractivity (Wildman–Crippen MR) is 74.6 cm³/mol. The number of para-hydroxylation sites is 1. The summed E-state index contributed by atoms with van der Waals surface area (Å²) in [6, 6.07) is 11.9. The minimum atomic E-state index is -0.692. The van der Waals surface area contributed by atoms with Crippen molar-refractivity contribution >= 4 is 5.97 Å². The molecule has 0 unspecified atom stereocenters. The second-order valence-corrected chi connectivity index (χ2v) is 5.15. The zero-order valence-corrected chi connectivity index (χ0v) is 11.1. The number of aromatic nitrogens is 2. The average Bonchev–Trinajstić information content (AvgIpc) is 3.10. The quantitative estimate of drug-likeness (QED) is 0.921. The summed E-state index contributed by atoms with van der Waals surface area (Å²) in [5, 5.41) is 13.5. The number of likely N-dealkylation sites (tertiary alicyclic amines) is 1. The monoisotopic (exact) mass is 271 g/mol. The van der Waals surface area contributed by atoms with Gasteiger partial charge in [0.1, 0.15) is 0 Å². The molecule has 1 aliphatic heterocycles. The van der Waals surface area contributed by atoms with E-state index >= 15 is 0 Å². The van der Waals surface area contributed by atoms with Gasteiger partial charge in [-0.1, -0.05) is 18.2 Å². The van der Waals surface area contributed by atoms with Crippen LogP contribution < -0.4 is 0 Å². The van der Waals surface area contributed by atoms with Crippen LogP contribution in [0.5, 0.6) is 0 Å². The van der Waals surface area contributed by atoms with E-state index in [2.05, 4.69) is 10.00 Å². The van der Waals surface area contributed by atoms with Gasteiger partial charge in [-0.25, -0.2) is 4.68 Å². The van der Waals surface area contributed by atoms with Crippen molar-refractivity contribution in [2.45, 2.75) is 13.0 Å². The minimum absolute atomic E-state index is 0.230. The lowest BCUT2D eigenvalue weighted by Crippen LogP contribution is -2.23. The standard InChI is InChI=1S/C15H17N3O2/c19-15(20)12-6-8-17(10-12)11-13-7-9-18(16-13)14-4-2-1-3-5-14/h1-5,7,9,12H,6,8,10-11H2,(H,19,20)/t12-/m1/s1. The van der Waals surface area contributed by atoms with Crippen molar-refractivity contribution in [1.82, 2.24) is 14.7 Å². The molecule has 20 heavy (non-hydrogen) atoms. The highest BCUT2D eigenvalue weighted by Crippen LogP contribution is 2.18. The molecule has 0 amide bonds. The van der Waals surface area contributed by atoms with Crippen LogP contribution in [0, 0.1) is 5.92 Å². The Balaban J connectivity index is 1.65. The van der Waals surface area contributed by atoms with E-state index in [1.165, 1.54) is 0 Å². The first-order valence-corrected chi connectivity index (χ1v) is 6.77. The van der Waals surface area contributed by atoms with Crippen molar-refractivity contribution in [2.75, 3.05) is 13.1 Å². The lowest BCUT2D eigenvalue weighted by atomic mass is 10.1. The molecule has 1 fully saturated rings. The molecule has 1 N–H and O–H groups in total.